The lowest BCUT2D eigenvalue weighted by molar-refractivity contribution is 0.627. The van der Waals surface area contributed by atoms with Crippen LogP contribution in [0.5, 0.6) is 0 Å². The number of nitrogens with one attached hydrogen (secondary N) is 1. The van der Waals surface area contributed by atoms with Gasteiger partial charge < -0.3 is 4.98 Å². The van der Waals surface area contributed by atoms with Crippen molar-refractivity contribution < 1.29 is 4.39 Å². The fraction of sp³-hybridized carbons (Fsp3) is 0.286. The number of nitrogens with zero attached hydrogens (tertiary/aromatic N) is 1. The van der Waals surface area contributed by atoms with Gasteiger partial charge in [0.2, 0.25) is 0 Å². The zero-order chi connectivity index (χ0) is 12.7. The zero-order valence-corrected chi connectivity index (χ0v) is 10.0. The molecule has 4 heteroatoms. The van der Waals surface area contributed by atoms with E-state index >= 15 is 0 Å². The molecule has 0 amide bonds. The first-order valence-electron chi connectivity index (χ1n) is 6.01. The molecule has 1 fully saturated rings. The summed E-state index contributed by atoms with van der Waals surface area (Å²) < 4.78 is 13.1. The molecule has 92 valence electrons. The van der Waals surface area contributed by atoms with E-state index in [9.17, 15) is 9.18 Å². The smallest absolute Gasteiger partial charge is 0.251 e. The Balaban J connectivity index is 2.13. The van der Waals surface area contributed by atoms with Gasteiger partial charge in [0.05, 0.1) is 5.69 Å². The minimum absolute atomic E-state index is 0.148. The van der Waals surface area contributed by atoms with Gasteiger partial charge in [-0.2, -0.15) is 0 Å². The van der Waals surface area contributed by atoms with E-state index < -0.39 is 0 Å². The van der Waals surface area contributed by atoms with Crippen molar-refractivity contribution in [3.05, 3.63) is 51.7 Å². The molecule has 0 radical (unpaired) electrons. The summed E-state index contributed by atoms with van der Waals surface area (Å²) in [5.41, 5.74) is 2.24. The molecule has 1 aromatic heterocycles. The third-order valence-electron chi connectivity index (χ3n) is 3.20. The third kappa shape index (κ3) is 2.06. The Kier molecular flexibility index (Phi) is 2.51. The molecular formula is C14H13FN2O. The van der Waals surface area contributed by atoms with E-state index in [1.54, 1.807) is 12.1 Å². The topological polar surface area (TPSA) is 45.8 Å². The van der Waals surface area contributed by atoms with Gasteiger partial charge >= 0.3 is 0 Å². The third-order valence-corrected chi connectivity index (χ3v) is 3.20. The van der Waals surface area contributed by atoms with Crippen molar-refractivity contribution in [2.45, 2.75) is 25.7 Å². The van der Waals surface area contributed by atoms with E-state index in [0.717, 1.165) is 29.7 Å². The summed E-state index contributed by atoms with van der Waals surface area (Å²) in [7, 11) is 0. The van der Waals surface area contributed by atoms with Crippen LogP contribution in [0.25, 0.3) is 11.4 Å². The first-order chi connectivity index (χ1) is 8.63. The van der Waals surface area contributed by atoms with Crippen LogP contribution in [0.3, 0.4) is 0 Å². The Morgan fingerprint density at radius 1 is 1.33 bits per heavy atom. The van der Waals surface area contributed by atoms with Crippen LogP contribution < -0.4 is 5.56 Å². The van der Waals surface area contributed by atoms with E-state index in [1.165, 1.54) is 12.1 Å². The van der Waals surface area contributed by atoms with Crippen LogP contribution in [-0.2, 0) is 0 Å². The molecule has 3 rings (SSSR count). The zero-order valence-electron chi connectivity index (χ0n) is 10.0. The van der Waals surface area contributed by atoms with Gasteiger partial charge in [0, 0.05) is 17.5 Å². The van der Waals surface area contributed by atoms with E-state index in [4.69, 9.17) is 0 Å². The van der Waals surface area contributed by atoms with Crippen LogP contribution >= 0.6 is 0 Å². The molecule has 1 aliphatic carbocycles. The van der Waals surface area contributed by atoms with Crippen LogP contribution in [-0.4, -0.2) is 9.97 Å². The molecular weight excluding hydrogens is 231 g/mol. The average molecular weight is 244 g/mol. The molecule has 0 atom stereocenters. The number of H-pyrrole nitrogens is 1. The molecule has 3 nitrogen and oxygen atoms in total. The van der Waals surface area contributed by atoms with Gasteiger partial charge in [-0.1, -0.05) is 0 Å². The molecule has 0 unspecified atom stereocenters. The largest absolute Gasteiger partial charge is 0.307 e. The summed E-state index contributed by atoms with van der Waals surface area (Å²) in [6.45, 7) is 1.81. The summed E-state index contributed by atoms with van der Waals surface area (Å²) in [5.74, 6) is 0.672. The minimum atomic E-state index is -0.281. The number of hydrogen-bond acceptors (Lipinski definition) is 2. The number of aryl methyl sites for hydroxylation is 1. The Bertz CT molecular complexity index is 659. The highest BCUT2D eigenvalue weighted by atomic mass is 19.1. The molecule has 1 heterocycles. The van der Waals surface area contributed by atoms with E-state index in [0.29, 0.717) is 11.7 Å². The van der Waals surface area contributed by atoms with Crippen LogP contribution in [0.15, 0.2) is 29.1 Å². The summed E-state index contributed by atoms with van der Waals surface area (Å²) in [5, 5.41) is 0. The minimum Gasteiger partial charge on any atom is -0.307 e. The Morgan fingerprint density at radius 3 is 2.78 bits per heavy atom. The van der Waals surface area contributed by atoms with Crippen molar-refractivity contribution in [3.8, 4) is 11.4 Å². The van der Waals surface area contributed by atoms with Crippen molar-refractivity contribution in [2.75, 3.05) is 0 Å². The van der Waals surface area contributed by atoms with Gasteiger partial charge in [0.15, 0.2) is 0 Å². The highest BCUT2D eigenvalue weighted by Crippen LogP contribution is 2.38. The number of aromatic amines is 1. The monoisotopic (exact) mass is 244 g/mol. The first-order valence-corrected chi connectivity index (χ1v) is 6.01. The predicted molar refractivity (Wildman–Crippen MR) is 67.0 cm³/mol. The molecule has 0 spiro atoms. The summed E-state index contributed by atoms with van der Waals surface area (Å²) in [6, 6.07) is 6.03. The van der Waals surface area contributed by atoms with Crippen LogP contribution in [0.4, 0.5) is 4.39 Å². The highest BCUT2D eigenvalue weighted by Gasteiger charge is 2.26. The quantitative estimate of drug-likeness (QED) is 0.882. The van der Waals surface area contributed by atoms with Crippen molar-refractivity contribution in [3.63, 3.8) is 0 Å². The second-order valence-corrected chi connectivity index (χ2v) is 4.75. The van der Waals surface area contributed by atoms with Crippen molar-refractivity contribution in [1.82, 2.24) is 9.97 Å². The van der Waals surface area contributed by atoms with E-state index in [1.807, 2.05) is 6.92 Å². The summed E-state index contributed by atoms with van der Waals surface area (Å²) in [6.07, 6.45) is 2.19. The number of benzene rings is 1. The van der Waals surface area contributed by atoms with Gasteiger partial charge in [-0.3, -0.25) is 4.79 Å². The SMILES string of the molecule is Cc1cc(F)ccc1-c1nc(C2CC2)cc(=O)[nH]1. The number of aromatic nitrogens is 2. The lowest BCUT2D eigenvalue weighted by Crippen LogP contribution is -2.10. The Hall–Kier alpha value is -1.97. The molecule has 1 aromatic carbocycles. The van der Waals surface area contributed by atoms with E-state index in [-0.39, 0.29) is 11.4 Å². The number of halogens is 1. The number of hydrogen-bond donors (Lipinski definition) is 1. The Morgan fingerprint density at radius 2 is 2.11 bits per heavy atom. The molecule has 18 heavy (non-hydrogen) atoms. The summed E-state index contributed by atoms with van der Waals surface area (Å²) in [4.78, 5) is 18.8. The molecule has 2 aromatic rings. The molecule has 0 aliphatic heterocycles. The lowest BCUT2D eigenvalue weighted by atomic mass is 10.1. The van der Waals surface area contributed by atoms with Gasteiger partial charge in [-0.05, 0) is 43.5 Å². The second-order valence-electron chi connectivity index (χ2n) is 4.75. The highest BCUT2D eigenvalue weighted by molar-refractivity contribution is 5.59. The summed E-state index contributed by atoms with van der Waals surface area (Å²) >= 11 is 0. The molecule has 1 saturated carbocycles. The van der Waals surface area contributed by atoms with Crippen molar-refractivity contribution >= 4 is 0 Å². The molecule has 1 N–H and O–H groups in total. The van der Waals surface area contributed by atoms with Crippen molar-refractivity contribution in [1.29, 1.82) is 0 Å². The molecule has 1 aliphatic rings. The standard InChI is InChI=1S/C14H13FN2O/c1-8-6-10(15)4-5-11(8)14-16-12(9-2-3-9)7-13(18)17-14/h4-7,9H,2-3H2,1H3,(H,16,17,18). The average Bonchev–Trinajstić information content (AvgIpc) is 3.11. The van der Waals surface area contributed by atoms with Gasteiger partial charge in [0.1, 0.15) is 11.6 Å². The van der Waals surface area contributed by atoms with Crippen LogP contribution in [0.2, 0.25) is 0 Å². The maximum Gasteiger partial charge on any atom is 0.251 e. The van der Waals surface area contributed by atoms with Gasteiger partial charge in [-0.25, -0.2) is 9.37 Å². The molecule has 0 saturated heterocycles. The number of rotatable bonds is 2. The molecule has 0 bridgehead atoms. The van der Waals surface area contributed by atoms with Crippen LogP contribution in [0.1, 0.15) is 30.0 Å². The first kappa shape index (κ1) is 11.1. The maximum atomic E-state index is 13.1. The fourth-order valence-electron chi connectivity index (χ4n) is 2.08. The van der Waals surface area contributed by atoms with Crippen molar-refractivity contribution in [2.24, 2.45) is 0 Å². The normalized spacial score (nSPS) is 14.8. The fourth-order valence-corrected chi connectivity index (χ4v) is 2.08. The maximum absolute atomic E-state index is 13.1. The van der Waals surface area contributed by atoms with Gasteiger partial charge in [0.25, 0.3) is 5.56 Å². The Labute approximate surface area is 104 Å². The van der Waals surface area contributed by atoms with Gasteiger partial charge in [-0.15, -0.1) is 0 Å². The van der Waals surface area contributed by atoms with E-state index in [2.05, 4.69) is 9.97 Å². The second kappa shape index (κ2) is 4.05. The van der Waals surface area contributed by atoms with Crippen LogP contribution in [0, 0.1) is 12.7 Å². The lowest BCUT2D eigenvalue weighted by Gasteiger charge is -2.06. The predicted octanol–water partition coefficient (Wildman–Crippen LogP) is 2.76.